The minimum Gasteiger partial charge on any atom is -0.462 e. The van der Waals surface area contributed by atoms with Crippen molar-refractivity contribution in [2.45, 2.75) is 26.4 Å². The molecule has 0 amide bonds. The Labute approximate surface area is 101 Å². The maximum atomic E-state index is 11.6. The standard InChI is InChI=1S/C11H19N3O3/c1-4-17-11(16)9-5-13-14(3)10(9)6-12-8(2)7-15/h5,8,12,15H,4,6-7H2,1-3H3. The molecule has 0 spiro atoms. The van der Waals surface area contributed by atoms with E-state index in [9.17, 15) is 4.79 Å². The molecule has 1 aromatic rings. The van der Waals surface area contributed by atoms with Gasteiger partial charge in [-0.2, -0.15) is 5.10 Å². The number of hydrogen-bond donors (Lipinski definition) is 2. The molecule has 0 radical (unpaired) electrons. The summed E-state index contributed by atoms with van der Waals surface area (Å²) in [7, 11) is 1.77. The highest BCUT2D eigenvalue weighted by Crippen LogP contribution is 2.09. The van der Waals surface area contributed by atoms with E-state index >= 15 is 0 Å². The van der Waals surface area contributed by atoms with Gasteiger partial charge in [0.1, 0.15) is 5.56 Å². The Morgan fingerprint density at radius 2 is 2.41 bits per heavy atom. The minimum atomic E-state index is -0.367. The predicted octanol–water partition coefficient (Wildman–Crippen LogP) is 0.0672. The number of rotatable bonds is 6. The van der Waals surface area contributed by atoms with Gasteiger partial charge in [0.2, 0.25) is 0 Å². The van der Waals surface area contributed by atoms with Crippen LogP contribution >= 0.6 is 0 Å². The number of nitrogens with zero attached hydrogens (tertiary/aromatic N) is 2. The molecule has 1 rings (SSSR count). The maximum absolute atomic E-state index is 11.6. The highest BCUT2D eigenvalue weighted by atomic mass is 16.5. The van der Waals surface area contributed by atoms with E-state index in [1.54, 1.807) is 18.7 Å². The van der Waals surface area contributed by atoms with Gasteiger partial charge in [-0.25, -0.2) is 4.79 Å². The van der Waals surface area contributed by atoms with Crippen LogP contribution in [0.1, 0.15) is 29.9 Å². The van der Waals surface area contributed by atoms with E-state index in [1.165, 1.54) is 6.20 Å². The number of nitrogens with one attached hydrogen (secondary N) is 1. The lowest BCUT2D eigenvalue weighted by Crippen LogP contribution is -2.30. The van der Waals surface area contributed by atoms with Gasteiger partial charge in [-0.05, 0) is 13.8 Å². The van der Waals surface area contributed by atoms with Crippen LogP contribution in [0.25, 0.3) is 0 Å². The van der Waals surface area contributed by atoms with Crippen molar-refractivity contribution in [1.82, 2.24) is 15.1 Å². The molecule has 1 atom stereocenters. The van der Waals surface area contributed by atoms with Gasteiger partial charge in [-0.1, -0.05) is 0 Å². The molecule has 0 bridgehead atoms. The van der Waals surface area contributed by atoms with Crippen molar-refractivity contribution in [3.05, 3.63) is 17.5 Å². The van der Waals surface area contributed by atoms with E-state index in [-0.39, 0.29) is 18.6 Å². The smallest absolute Gasteiger partial charge is 0.341 e. The lowest BCUT2D eigenvalue weighted by molar-refractivity contribution is 0.0524. The largest absolute Gasteiger partial charge is 0.462 e. The highest BCUT2D eigenvalue weighted by Gasteiger charge is 2.17. The summed E-state index contributed by atoms with van der Waals surface area (Å²) in [5, 5.41) is 16.1. The van der Waals surface area contributed by atoms with Crippen molar-refractivity contribution >= 4 is 5.97 Å². The molecule has 0 aliphatic heterocycles. The third-order valence-electron chi connectivity index (χ3n) is 2.45. The molecule has 17 heavy (non-hydrogen) atoms. The summed E-state index contributed by atoms with van der Waals surface area (Å²) in [6, 6.07) is -0.0278. The van der Waals surface area contributed by atoms with E-state index in [4.69, 9.17) is 9.84 Å². The Morgan fingerprint density at radius 1 is 1.71 bits per heavy atom. The summed E-state index contributed by atoms with van der Waals surface area (Å²) in [4.78, 5) is 11.6. The molecule has 0 aliphatic carbocycles. The molecule has 0 fully saturated rings. The van der Waals surface area contributed by atoms with Gasteiger partial charge in [-0.3, -0.25) is 4.68 Å². The predicted molar refractivity (Wildman–Crippen MR) is 62.6 cm³/mol. The molecular weight excluding hydrogens is 222 g/mol. The number of aromatic nitrogens is 2. The van der Waals surface area contributed by atoms with Crippen LogP contribution in [0, 0.1) is 0 Å². The topological polar surface area (TPSA) is 76.4 Å². The first kappa shape index (κ1) is 13.7. The molecule has 0 aliphatic rings. The molecule has 1 aromatic heterocycles. The summed E-state index contributed by atoms with van der Waals surface area (Å²) in [5.74, 6) is -0.367. The third kappa shape index (κ3) is 3.54. The molecule has 1 unspecified atom stereocenters. The van der Waals surface area contributed by atoms with Crippen LogP contribution in [0.2, 0.25) is 0 Å². The van der Waals surface area contributed by atoms with Crippen LogP contribution in [0.15, 0.2) is 6.20 Å². The zero-order valence-corrected chi connectivity index (χ0v) is 10.4. The summed E-state index contributed by atoms with van der Waals surface area (Å²) in [5.41, 5.74) is 1.22. The summed E-state index contributed by atoms with van der Waals surface area (Å²) >= 11 is 0. The van der Waals surface area contributed by atoms with E-state index in [0.717, 1.165) is 5.69 Å². The van der Waals surface area contributed by atoms with E-state index in [2.05, 4.69) is 10.4 Å². The Morgan fingerprint density at radius 3 is 3.00 bits per heavy atom. The van der Waals surface area contributed by atoms with Crippen LogP contribution in [-0.2, 0) is 18.3 Å². The highest BCUT2D eigenvalue weighted by molar-refractivity contribution is 5.90. The lowest BCUT2D eigenvalue weighted by atomic mass is 10.2. The third-order valence-corrected chi connectivity index (χ3v) is 2.45. The fraction of sp³-hybridized carbons (Fsp3) is 0.636. The van der Waals surface area contributed by atoms with Gasteiger partial charge in [0, 0.05) is 19.6 Å². The fourth-order valence-corrected chi connectivity index (χ4v) is 1.39. The number of carbonyl (C=O) groups is 1. The van der Waals surface area contributed by atoms with Gasteiger partial charge >= 0.3 is 5.97 Å². The van der Waals surface area contributed by atoms with Crippen molar-refractivity contribution in [2.24, 2.45) is 7.05 Å². The average Bonchev–Trinajstić information content (AvgIpc) is 2.68. The normalized spacial score (nSPS) is 12.5. The van der Waals surface area contributed by atoms with E-state index in [1.807, 2.05) is 6.92 Å². The minimum absolute atomic E-state index is 0.0278. The number of ether oxygens (including phenoxy) is 1. The Hall–Kier alpha value is -1.40. The van der Waals surface area contributed by atoms with Gasteiger partial charge in [0.15, 0.2) is 0 Å². The molecule has 6 heteroatoms. The molecule has 2 N–H and O–H groups in total. The van der Waals surface area contributed by atoms with Gasteiger partial charge in [0.05, 0.1) is 25.1 Å². The lowest BCUT2D eigenvalue weighted by Gasteiger charge is -2.11. The zero-order valence-electron chi connectivity index (χ0n) is 10.4. The molecule has 6 nitrogen and oxygen atoms in total. The summed E-state index contributed by atoms with van der Waals surface area (Å²) in [6.45, 7) is 4.48. The summed E-state index contributed by atoms with van der Waals surface area (Å²) in [6.07, 6.45) is 1.50. The monoisotopic (exact) mass is 241 g/mol. The number of aliphatic hydroxyl groups excluding tert-OH is 1. The number of aryl methyl sites for hydroxylation is 1. The number of carbonyl (C=O) groups excluding carboxylic acids is 1. The molecular formula is C11H19N3O3. The van der Waals surface area contributed by atoms with Crippen molar-refractivity contribution in [2.75, 3.05) is 13.2 Å². The van der Waals surface area contributed by atoms with Crippen molar-refractivity contribution in [1.29, 1.82) is 0 Å². The summed E-state index contributed by atoms with van der Waals surface area (Å²) < 4.78 is 6.57. The fourth-order valence-electron chi connectivity index (χ4n) is 1.39. The number of esters is 1. The average molecular weight is 241 g/mol. The van der Waals surface area contributed by atoms with Crippen molar-refractivity contribution in [3.63, 3.8) is 0 Å². The Kier molecular flexibility index (Phi) is 5.11. The van der Waals surface area contributed by atoms with E-state index in [0.29, 0.717) is 18.7 Å². The van der Waals surface area contributed by atoms with Gasteiger partial charge in [0.25, 0.3) is 0 Å². The first-order chi connectivity index (χ1) is 8.10. The van der Waals surface area contributed by atoms with Crippen LogP contribution < -0.4 is 5.32 Å². The second-order valence-electron chi connectivity index (χ2n) is 3.81. The molecule has 0 saturated heterocycles. The van der Waals surface area contributed by atoms with Crippen molar-refractivity contribution in [3.8, 4) is 0 Å². The number of hydrogen-bond acceptors (Lipinski definition) is 5. The Balaban J connectivity index is 2.76. The van der Waals surface area contributed by atoms with Crippen LogP contribution in [0.5, 0.6) is 0 Å². The van der Waals surface area contributed by atoms with E-state index < -0.39 is 0 Å². The molecule has 1 heterocycles. The molecule has 96 valence electrons. The second kappa shape index (κ2) is 6.36. The van der Waals surface area contributed by atoms with Crippen LogP contribution in [0.4, 0.5) is 0 Å². The Bertz CT molecular complexity index is 376. The van der Waals surface area contributed by atoms with Crippen LogP contribution in [-0.4, -0.2) is 40.1 Å². The van der Waals surface area contributed by atoms with Crippen molar-refractivity contribution < 1.29 is 14.6 Å². The SMILES string of the molecule is CCOC(=O)c1cnn(C)c1CNC(C)CO. The molecule has 0 saturated carbocycles. The number of aliphatic hydroxyl groups is 1. The maximum Gasteiger partial charge on any atom is 0.341 e. The molecule has 0 aromatic carbocycles. The van der Waals surface area contributed by atoms with Crippen LogP contribution in [0.3, 0.4) is 0 Å². The first-order valence-corrected chi connectivity index (χ1v) is 5.62. The quantitative estimate of drug-likeness (QED) is 0.689. The zero-order chi connectivity index (χ0) is 12.8. The first-order valence-electron chi connectivity index (χ1n) is 5.62. The second-order valence-corrected chi connectivity index (χ2v) is 3.81. The van der Waals surface area contributed by atoms with Gasteiger partial charge < -0.3 is 15.2 Å². The van der Waals surface area contributed by atoms with Gasteiger partial charge in [-0.15, -0.1) is 0 Å².